The van der Waals surface area contributed by atoms with E-state index >= 15 is 0 Å². The van der Waals surface area contributed by atoms with E-state index in [0.29, 0.717) is 29.3 Å². The van der Waals surface area contributed by atoms with Crippen molar-refractivity contribution >= 4 is 11.0 Å². The van der Waals surface area contributed by atoms with Crippen molar-refractivity contribution in [3.8, 4) is 22.8 Å². The van der Waals surface area contributed by atoms with Gasteiger partial charge in [0, 0.05) is 12.0 Å². The first kappa shape index (κ1) is 18.3. The number of hydrogen-bond acceptors (Lipinski definition) is 7. The number of hydrogen-bond donors (Lipinski definition) is 1. The average molecular weight is 417 g/mol. The van der Waals surface area contributed by atoms with Crippen molar-refractivity contribution < 1.29 is 22.6 Å². The van der Waals surface area contributed by atoms with Gasteiger partial charge in [0.05, 0.1) is 28.9 Å². The number of ether oxygens (including phenoxy) is 2. The number of alkyl halides is 3. The Labute approximate surface area is 166 Å². The van der Waals surface area contributed by atoms with Crippen LogP contribution in [0.3, 0.4) is 0 Å². The molecule has 154 valence electrons. The zero-order valence-corrected chi connectivity index (χ0v) is 15.6. The standard InChI is InChI=1S/C18H14F3N7O2/c1-9-16-11(18(19,20)21)7-12(10-2-3-13-14(6-10)30-8-29-13)22-17(16)28(25-9)5-4-15-23-26-27-24-15/h2-3,6-7H,4-5,8H2,1H3,(H,23,24,26,27). The van der Waals surface area contributed by atoms with E-state index in [1.165, 1.54) is 11.6 Å². The van der Waals surface area contributed by atoms with Gasteiger partial charge in [-0.25, -0.2) is 9.67 Å². The minimum atomic E-state index is -4.57. The van der Waals surface area contributed by atoms with Crippen molar-refractivity contribution in [1.29, 1.82) is 0 Å². The first-order valence-corrected chi connectivity index (χ1v) is 8.98. The van der Waals surface area contributed by atoms with Crippen molar-refractivity contribution in [3.63, 3.8) is 0 Å². The van der Waals surface area contributed by atoms with Gasteiger partial charge in [-0.3, -0.25) is 0 Å². The topological polar surface area (TPSA) is 104 Å². The summed E-state index contributed by atoms with van der Waals surface area (Å²) in [4.78, 5) is 4.51. The van der Waals surface area contributed by atoms with Gasteiger partial charge in [0.15, 0.2) is 23.0 Å². The molecule has 0 bridgehead atoms. The van der Waals surface area contributed by atoms with Crippen molar-refractivity contribution in [1.82, 2.24) is 35.4 Å². The maximum absolute atomic E-state index is 13.9. The van der Waals surface area contributed by atoms with Crippen molar-refractivity contribution in [3.05, 3.63) is 41.3 Å². The highest BCUT2D eigenvalue weighted by Gasteiger charge is 2.35. The van der Waals surface area contributed by atoms with Crippen LogP contribution in [-0.2, 0) is 19.1 Å². The molecular formula is C18H14F3N7O2. The molecule has 0 unspecified atom stereocenters. The third-order valence-corrected chi connectivity index (χ3v) is 4.79. The lowest BCUT2D eigenvalue weighted by molar-refractivity contribution is -0.136. The van der Waals surface area contributed by atoms with Gasteiger partial charge in [-0.2, -0.15) is 23.5 Å². The van der Waals surface area contributed by atoms with E-state index in [4.69, 9.17) is 9.47 Å². The molecule has 0 radical (unpaired) electrons. The Balaban J connectivity index is 1.65. The summed E-state index contributed by atoms with van der Waals surface area (Å²) in [6.07, 6.45) is -4.23. The second kappa shape index (κ2) is 6.68. The third kappa shape index (κ3) is 3.09. The van der Waals surface area contributed by atoms with Crippen LogP contribution in [0, 0.1) is 6.92 Å². The number of nitrogens with one attached hydrogen (secondary N) is 1. The van der Waals surface area contributed by atoms with Gasteiger partial charge in [0.1, 0.15) is 0 Å². The first-order chi connectivity index (χ1) is 14.4. The number of rotatable bonds is 4. The molecule has 30 heavy (non-hydrogen) atoms. The number of fused-ring (bicyclic) bond motifs is 2. The van der Waals surface area contributed by atoms with Crippen molar-refractivity contribution in [2.45, 2.75) is 26.1 Å². The normalized spacial score (nSPS) is 13.3. The lowest BCUT2D eigenvalue weighted by Gasteiger charge is -2.12. The largest absolute Gasteiger partial charge is 0.454 e. The molecule has 0 spiro atoms. The molecule has 0 amide bonds. The molecule has 1 aliphatic heterocycles. The quantitative estimate of drug-likeness (QED) is 0.545. The van der Waals surface area contributed by atoms with Crippen molar-refractivity contribution in [2.24, 2.45) is 0 Å². The van der Waals surface area contributed by atoms with Gasteiger partial charge in [-0.05, 0) is 31.2 Å². The van der Waals surface area contributed by atoms with Gasteiger partial charge in [0.25, 0.3) is 0 Å². The number of tetrazole rings is 1. The van der Waals surface area contributed by atoms with Crippen LogP contribution in [0.4, 0.5) is 13.2 Å². The first-order valence-electron chi connectivity index (χ1n) is 8.98. The van der Waals surface area contributed by atoms with Crippen LogP contribution in [0.5, 0.6) is 11.5 Å². The number of halogens is 3. The van der Waals surface area contributed by atoms with Crippen LogP contribution < -0.4 is 9.47 Å². The highest BCUT2D eigenvalue weighted by atomic mass is 19.4. The fraction of sp³-hybridized carbons (Fsp3) is 0.278. The second-order valence-corrected chi connectivity index (χ2v) is 6.71. The molecule has 0 atom stereocenters. The van der Waals surface area contributed by atoms with E-state index in [1.807, 2.05) is 0 Å². The summed E-state index contributed by atoms with van der Waals surface area (Å²) < 4.78 is 53.7. The summed E-state index contributed by atoms with van der Waals surface area (Å²) in [7, 11) is 0. The Morgan fingerprint density at radius 2 is 2.00 bits per heavy atom. The lowest BCUT2D eigenvalue weighted by Crippen LogP contribution is -2.09. The van der Waals surface area contributed by atoms with Gasteiger partial charge in [-0.1, -0.05) is 5.21 Å². The Bertz CT molecular complexity index is 1240. The van der Waals surface area contributed by atoms with E-state index in [-0.39, 0.29) is 35.8 Å². The SMILES string of the molecule is Cc1nn(CCc2nn[nH]n2)c2nc(-c3ccc4c(c3)OCO4)cc(C(F)(F)F)c12. The monoisotopic (exact) mass is 417 g/mol. The smallest absolute Gasteiger partial charge is 0.417 e. The Morgan fingerprint density at radius 1 is 1.17 bits per heavy atom. The maximum atomic E-state index is 13.9. The van der Waals surface area contributed by atoms with Crippen LogP contribution >= 0.6 is 0 Å². The average Bonchev–Trinajstić information content (AvgIpc) is 3.45. The van der Waals surface area contributed by atoms with Gasteiger partial charge < -0.3 is 9.47 Å². The predicted octanol–water partition coefficient (Wildman–Crippen LogP) is 2.91. The molecule has 3 aromatic heterocycles. The van der Waals surface area contributed by atoms with Gasteiger partial charge in [0.2, 0.25) is 6.79 Å². The molecule has 5 rings (SSSR count). The van der Waals surface area contributed by atoms with Crippen LogP contribution in [0.15, 0.2) is 24.3 Å². The molecule has 4 aromatic rings. The van der Waals surface area contributed by atoms with Gasteiger partial charge >= 0.3 is 6.18 Å². The number of aromatic amines is 1. The van der Waals surface area contributed by atoms with Crippen molar-refractivity contribution in [2.75, 3.05) is 6.79 Å². The zero-order chi connectivity index (χ0) is 20.9. The minimum absolute atomic E-state index is 0.0277. The number of aromatic nitrogens is 7. The Hall–Kier alpha value is -3.70. The maximum Gasteiger partial charge on any atom is 0.417 e. The summed E-state index contributed by atoms with van der Waals surface area (Å²) in [6, 6.07) is 5.95. The second-order valence-electron chi connectivity index (χ2n) is 6.71. The number of H-pyrrole nitrogens is 1. The molecule has 9 nitrogen and oxygen atoms in total. The fourth-order valence-corrected chi connectivity index (χ4v) is 3.43. The van der Waals surface area contributed by atoms with E-state index in [9.17, 15) is 13.2 Å². The molecule has 12 heteroatoms. The Kier molecular flexibility index (Phi) is 4.08. The summed E-state index contributed by atoms with van der Waals surface area (Å²) in [5.74, 6) is 1.43. The summed E-state index contributed by atoms with van der Waals surface area (Å²) in [5.41, 5.74) is 0.237. The fourth-order valence-electron chi connectivity index (χ4n) is 3.43. The molecule has 4 heterocycles. The lowest BCUT2D eigenvalue weighted by atomic mass is 10.0. The third-order valence-electron chi connectivity index (χ3n) is 4.79. The number of aryl methyl sites for hydroxylation is 3. The van der Waals surface area contributed by atoms with Crippen LogP contribution in [0.2, 0.25) is 0 Å². The summed E-state index contributed by atoms with van der Waals surface area (Å²) in [5, 5.41) is 17.8. The van der Waals surface area contributed by atoms with Crippen LogP contribution in [0.25, 0.3) is 22.3 Å². The minimum Gasteiger partial charge on any atom is -0.454 e. The molecular weight excluding hydrogens is 403 g/mol. The highest BCUT2D eigenvalue weighted by molar-refractivity contribution is 5.86. The highest BCUT2D eigenvalue weighted by Crippen LogP contribution is 2.40. The number of benzene rings is 1. The number of nitrogens with zero attached hydrogens (tertiary/aromatic N) is 6. The van der Waals surface area contributed by atoms with E-state index < -0.39 is 11.7 Å². The zero-order valence-electron chi connectivity index (χ0n) is 15.6. The molecule has 1 N–H and O–H groups in total. The molecule has 1 aromatic carbocycles. The molecule has 0 fully saturated rings. The number of pyridine rings is 1. The molecule has 1 aliphatic rings. The molecule has 0 saturated heterocycles. The van der Waals surface area contributed by atoms with Crippen LogP contribution in [0.1, 0.15) is 17.1 Å². The van der Waals surface area contributed by atoms with E-state index in [1.54, 1.807) is 18.2 Å². The van der Waals surface area contributed by atoms with E-state index in [0.717, 1.165) is 6.07 Å². The summed E-state index contributed by atoms with van der Waals surface area (Å²) in [6.45, 7) is 1.85. The molecule has 0 saturated carbocycles. The molecule has 0 aliphatic carbocycles. The Morgan fingerprint density at radius 3 is 2.77 bits per heavy atom. The van der Waals surface area contributed by atoms with Gasteiger partial charge in [-0.15, -0.1) is 10.2 Å². The van der Waals surface area contributed by atoms with Crippen LogP contribution in [-0.4, -0.2) is 42.2 Å². The predicted molar refractivity (Wildman–Crippen MR) is 96.7 cm³/mol. The summed E-state index contributed by atoms with van der Waals surface area (Å²) >= 11 is 0. The van der Waals surface area contributed by atoms with E-state index in [2.05, 4.69) is 30.7 Å².